The highest BCUT2D eigenvalue weighted by molar-refractivity contribution is 5.91. The van der Waals surface area contributed by atoms with Crippen LogP contribution in [0.4, 0.5) is 4.79 Å². The molecule has 0 radical (unpaired) electrons. The van der Waals surface area contributed by atoms with E-state index in [4.69, 9.17) is 9.47 Å². The molecule has 0 aromatic heterocycles. The van der Waals surface area contributed by atoms with Gasteiger partial charge < -0.3 is 30.3 Å². The first-order valence-corrected chi connectivity index (χ1v) is 10.5. The Balaban J connectivity index is 1.70. The largest absolute Gasteiger partial charge is 0.479 e. The maximum Gasteiger partial charge on any atom is 0.407 e. The van der Waals surface area contributed by atoms with Crippen molar-refractivity contribution in [2.75, 3.05) is 20.3 Å². The molecular formula is C24H28N2O7. The van der Waals surface area contributed by atoms with Crippen molar-refractivity contribution in [1.82, 2.24) is 10.6 Å². The number of methoxy groups -OCH3 is 1. The van der Waals surface area contributed by atoms with Gasteiger partial charge in [0.25, 0.3) is 0 Å². The zero-order valence-electron chi connectivity index (χ0n) is 18.7. The predicted octanol–water partition coefficient (Wildman–Crippen LogP) is 1.88. The Labute approximate surface area is 191 Å². The van der Waals surface area contributed by atoms with Gasteiger partial charge in [-0.1, -0.05) is 48.5 Å². The van der Waals surface area contributed by atoms with Gasteiger partial charge in [0.1, 0.15) is 12.6 Å². The maximum atomic E-state index is 12.7. The van der Waals surface area contributed by atoms with Crippen molar-refractivity contribution in [2.45, 2.75) is 37.5 Å². The van der Waals surface area contributed by atoms with Crippen molar-refractivity contribution >= 4 is 18.0 Å². The number of nitrogens with one attached hydrogen (secondary N) is 2. The van der Waals surface area contributed by atoms with Gasteiger partial charge in [-0.2, -0.15) is 0 Å². The lowest BCUT2D eigenvalue weighted by Crippen LogP contribution is -2.62. The second kappa shape index (κ2) is 10.0. The molecule has 33 heavy (non-hydrogen) atoms. The maximum absolute atomic E-state index is 12.7. The summed E-state index contributed by atoms with van der Waals surface area (Å²) in [6.07, 6.45) is -1.64. The third kappa shape index (κ3) is 4.99. The van der Waals surface area contributed by atoms with Gasteiger partial charge in [-0.05, 0) is 36.1 Å². The minimum Gasteiger partial charge on any atom is -0.479 e. The second-order valence-corrected chi connectivity index (χ2v) is 8.17. The fraction of sp³-hybridized carbons (Fsp3) is 0.375. The summed E-state index contributed by atoms with van der Waals surface area (Å²) >= 11 is 0. The molecule has 0 aliphatic heterocycles. The summed E-state index contributed by atoms with van der Waals surface area (Å²) in [7, 11) is 1.35. The van der Waals surface area contributed by atoms with Crippen LogP contribution in [0.5, 0.6) is 0 Å². The van der Waals surface area contributed by atoms with Crippen molar-refractivity contribution < 1.29 is 34.1 Å². The molecule has 176 valence electrons. The molecule has 0 spiro atoms. The molecule has 0 fully saturated rings. The molecule has 2 amide bonds. The van der Waals surface area contributed by atoms with E-state index in [1.165, 1.54) is 7.11 Å². The van der Waals surface area contributed by atoms with Gasteiger partial charge in [-0.15, -0.1) is 0 Å². The molecule has 1 aliphatic carbocycles. The molecule has 9 heteroatoms. The summed E-state index contributed by atoms with van der Waals surface area (Å²) in [4.78, 5) is 36.7. The van der Waals surface area contributed by atoms with Crippen molar-refractivity contribution in [1.29, 1.82) is 0 Å². The third-order valence-corrected chi connectivity index (χ3v) is 5.93. The number of aliphatic carboxylic acids is 1. The van der Waals surface area contributed by atoms with Crippen molar-refractivity contribution in [3.8, 4) is 11.1 Å². The highest BCUT2D eigenvalue weighted by Gasteiger charge is 2.38. The Kier molecular flexibility index (Phi) is 7.35. The number of aliphatic hydroxyl groups is 1. The van der Waals surface area contributed by atoms with E-state index in [1.54, 1.807) is 6.92 Å². The molecule has 9 nitrogen and oxygen atoms in total. The van der Waals surface area contributed by atoms with E-state index >= 15 is 0 Å². The van der Waals surface area contributed by atoms with Crippen LogP contribution in [-0.2, 0) is 19.1 Å². The Bertz CT molecular complexity index is 995. The second-order valence-electron chi connectivity index (χ2n) is 8.17. The van der Waals surface area contributed by atoms with Gasteiger partial charge in [-0.3, -0.25) is 4.79 Å². The molecule has 0 bridgehead atoms. The van der Waals surface area contributed by atoms with Crippen LogP contribution in [0.2, 0.25) is 0 Å². The van der Waals surface area contributed by atoms with Gasteiger partial charge in [0.05, 0.1) is 12.7 Å². The summed E-state index contributed by atoms with van der Waals surface area (Å²) in [6, 6.07) is 14.6. The number of rotatable bonds is 9. The molecule has 2 aromatic rings. The number of carbonyl (C=O) groups is 3. The minimum absolute atomic E-state index is 0.0546. The van der Waals surface area contributed by atoms with Crippen LogP contribution >= 0.6 is 0 Å². The Morgan fingerprint density at radius 1 is 1.06 bits per heavy atom. The SMILES string of the molecule is COC(C)C(NC(=O)OCC1c2ccccc2-c2ccccc21)C(=O)NC(C)(CO)C(=O)O. The van der Waals surface area contributed by atoms with E-state index in [9.17, 15) is 24.6 Å². The summed E-state index contributed by atoms with van der Waals surface area (Å²) in [5.74, 6) is -2.39. The van der Waals surface area contributed by atoms with Gasteiger partial charge >= 0.3 is 12.1 Å². The van der Waals surface area contributed by atoms with E-state index < -0.39 is 42.3 Å². The normalized spacial score (nSPS) is 16.0. The van der Waals surface area contributed by atoms with Crippen LogP contribution in [0.3, 0.4) is 0 Å². The lowest BCUT2D eigenvalue weighted by molar-refractivity contribution is -0.149. The summed E-state index contributed by atoms with van der Waals surface area (Å²) in [5.41, 5.74) is 2.36. The monoisotopic (exact) mass is 456 g/mol. The first-order chi connectivity index (χ1) is 15.7. The number of aliphatic hydroxyl groups excluding tert-OH is 1. The standard InChI is InChI=1S/C24H28N2O7/c1-14(32-3)20(21(28)26-24(2,13-27)22(29)30)25-23(31)33-12-19-17-10-6-4-8-15(17)16-9-5-7-11-18(16)19/h4-11,14,19-20,27H,12-13H2,1-3H3,(H,25,31)(H,26,28)(H,29,30). The third-order valence-electron chi connectivity index (χ3n) is 5.93. The van der Waals surface area contributed by atoms with E-state index in [1.807, 2.05) is 48.5 Å². The lowest BCUT2D eigenvalue weighted by atomic mass is 9.98. The molecule has 0 heterocycles. The number of ether oxygens (including phenoxy) is 2. The quantitative estimate of drug-likeness (QED) is 0.453. The van der Waals surface area contributed by atoms with E-state index in [0.29, 0.717) is 0 Å². The average molecular weight is 456 g/mol. The first kappa shape index (κ1) is 24.2. The molecule has 3 unspecified atom stereocenters. The molecule has 3 atom stereocenters. The Morgan fingerprint density at radius 3 is 2.09 bits per heavy atom. The van der Waals surface area contributed by atoms with Crippen molar-refractivity contribution in [3.63, 3.8) is 0 Å². The minimum atomic E-state index is -1.91. The molecule has 0 saturated heterocycles. The van der Waals surface area contributed by atoms with E-state index in [0.717, 1.165) is 29.2 Å². The predicted molar refractivity (Wildman–Crippen MR) is 120 cm³/mol. The molecule has 2 aromatic carbocycles. The number of carboxylic acids is 1. The zero-order valence-corrected chi connectivity index (χ0v) is 18.7. The molecular weight excluding hydrogens is 428 g/mol. The summed E-state index contributed by atoms with van der Waals surface area (Å²) in [6.45, 7) is 1.94. The number of hydrogen-bond acceptors (Lipinski definition) is 6. The highest BCUT2D eigenvalue weighted by atomic mass is 16.5. The van der Waals surface area contributed by atoms with Crippen LogP contribution in [0.1, 0.15) is 30.9 Å². The number of alkyl carbamates (subject to hydrolysis) is 1. The lowest BCUT2D eigenvalue weighted by Gasteiger charge is -2.29. The molecule has 1 aliphatic rings. The van der Waals surface area contributed by atoms with Crippen molar-refractivity contribution in [2.24, 2.45) is 0 Å². The molecule has 0 saturated carbocycles. The van der Waals surface area contributed by atoms with Crippen LogP contribution in [0.15, 0.2) is 48.5 Å². The Hall–Kier alpha value is -3.43. The number of hydrogen-bond donors (Lipinski definition) is 4. The summed E-state index contributed by atoms with van der Waals surface area (Å²) < 4.78 is 10.6. The average Bonchev–Trinajstić information content (AvgIpc) is 3.14. The summed E-state index contributed by atoms with van der Waals surface area (Å²) in [5, 5.41) is 23.4. The fourth-order valence-electron chi connectivity index (χ4n) is 3.81. The molecule has 3 rings (SSSR count). The number of benzene rings is 2. The van der Waals surface area contributed by atoms with E-state index in [-0.39, 0.29) is 12.5 Å². The number of fused-ring (bicyclic) bond motifs is 3. The Morgan fingerprint density at radius 2 is 1.61 bits per heavy atom. The van der Waals surface area contributed by atoms with Crippen LogP contribution < -0.4 is 10.6 Å². The van der Waals surface area contributed by atoms with Crippen LogP contribution in [0.25, 0.3) is 11.1 Å². The zero-order chi connectivity index (χ0) is 24.2. The van der Waals surface area contributed by atoms with Crippen LogP contribution in [0, 0.1) is 0 Å². The fourth-order valence-corrected chi connectivity index (χ4v) is 3.81. The smallest absolute Gasteiger partial charge is 0.407 e. The van der Waals surface area contributed by atoms with E-state index in [2.05, 4.69) is 10.6 Å². The number of carbonyl (C=O) groups excluding carboxylic acids is 2. The molecule has 4 N–H and O–H groups in total. The first-order valence-electron chi connectivity index (χ1n) is 10.5. The van der Waals surface area contributed by atoms with Crippen molar-refractivity contribution in [3.05, 3.63) is 59.7 Å². The van der Waals surface area contributed by atoms with Gasteiger partial charge in [0.2, 0.25) is 5.91 Å². The van der Waals surface area contributed by atoms with Gasteiger partial charge in [0, 0.05) is 13.0 Å². The topological polar surface area (TPSA) is 134 Å². The highest BCUT2D eigenvalue weighted by Crippen LogP contribution is 2.44. The van der Waals surface area contributed by atoms with Gasteiger partial charge in [0.15, 0.2) is 5.54 Å². The number of carboxylic acid groups (broad SMARTS) is 1. The van der Waals surface area contributed by atoms with Gasteiger partial charge in [-0.25, -0.2) is 9.59 Å². The number of amides is 2. The van der Waals surface area contributed by atoms with Crippen LogP contribution in [-0.4, -0.2) is 66.2 Å².